The van der Waals surface area contributed by atoms with E-state index in [0.29, 0.717) is 10.8 Å². The molecule has 1 aromatic heterocycles. The smallest absolute Gasteiger partial charge is 0.224 e. The van der Waals surface area contributed by atoms with Crippen LogP contribution in [0.1, 0.15) is 0 Å². The zero-order valence-electron chi connectivity index (χ0n) is 9.15. The van der Waals surface area contributed by atoms with Crippen molar-refractivity contribution in [1.29, 1.82) is 0 Å². The van der Waals surface area contributed by atoms with Crippen LogP contribution in [-0.4, -0.2) is 48.1 Å². The maximum Gasteiger partial charge on any atom is 0.224 e. The third kappa shape index (κ3) is 2.12. The molecule has 1 saturated heterocycles. The van der Waals surface area contributed by atoms with Gasteiger partial charge in [0.05, 0.1) is 0 Å². The maximum atomic E-state index is 6.07. The van der Waals surface area contributed by atoms with E-state index in [1.807, 2.05) is 0 Å². The van der Waals surface area contributed by atoms with Crippen LogP contribution in [0.3, 0.4) is 0 Å². The molecule has 0 atom stereocenters. The minimum absolute atomic E-state index is 0.163. The molecule has 6 nitrogen and oxygen atoms in total. The van der Waals surface area contributed by atoms with E-state index in [2.05, 4.69) is 26.8 Å². The lowest BCUT2D eigenvalue weighted by atomic mass is 10.3. The predicted octanol–water partition coefficient (Wildman–Crippen LogP) is 0.0462. The number of nitrogen functional groups attached to an aromatic ring is 2. The van der Waals surface area contributed by atoms with E-state index < -0.39 is 0 Å². The topological polar surface area (TPSA) is 84.3 Å². The summed E-state index contributed by atoms with van der Waals surface area (Å²) in [5, 5.41) is 0.388. The summed E-state index contributed by atoms with van der Waals surface area (Å²) in [6, 6.07) is 0. The van der Waals surface area contributed by atoms with Crippen LogP contribution in [0.4, 0.5) is 17.6 Å². The maximum absolute atomic E-state index is 6.07. The molecule has 0 aromatic carbocycles. The molecule has 0 bridgehead atoms. The fourth-order valence-corrected chi connectivity index (χ4v) is 1.90. The van der Waals surface area contributed by atoms with Gasteiger partial charge in [0, 0.05) is 26.2 Å². The SMILES string of the molecule is CN1CCN(c2nc(N)nc(N)c2Cl)CC1. The molecular weight excluding hydrogens is 228 g/mol. The van der Waals surface area contributed by atoms with Crippen molar-refractivity contribution in [2.24, 2.45) is 0 Å². The Morgan fingerprint density at radius 2 is 1.75 bits per heavy atom. The van der Waals surface area contributed by atoms with Crippen LogP contribution in [0.25, 0.3) is 0 Å². The summed E-state index contributed by atoms with van der Waals surface area (Å²) < 4.78 is 0. The van der Waals surface area contributed by atoms with Crippen LogP contribution in [0, 0.1) is 0 Å². The Kier molecular flexibility index (Phi) is 3.02. The molecule has 0 unspecified atom stereocenters. The van der Waals surface area contributed by atoms with Gasteiger partial charge in [0.25, 0.3) is 0 Å². The van der Waals surface area contributed by atoms with Gasteiger partial charge in [-0.15, -0.1) is 0 Å². The quantitative estimate of drug-likeness (QED) is 0.724. The molecule has 0 saturated carbocycles. The monoisotopic (exact) mass is 242 g/mol. The van der Waals surface area contributed by atoms with Crippen molar-refractivity contribution in [3.8, 4) is 0 Å². The second-order valence-corrected chi connectivity index (χ2v) is 4.27. The lowest BCUT2D eigenvalue weighted by molar-refractivity contribution is 0.312. The average molecular weight is 243 g/mol. The van der Waals surface area contributed by atoms with Crippen LogP contribution in [0.2, 0.25) is 5.02 Å². The number of aromatic nitrogens is 2. The van der Waals surface area contributed by atoms with E-state index in [4.69, 9.17) is 23.1 Å². The Hall–Kier alpha value is -1.27. The summed E-state index contributed by atoms with van der Waals surface area (Å²) in [7, 11) is 2.08. The number of nitrogens with two attached hydrogens (primary N) is 2. The molecule has 0 aliphatic carbocycles. The molecule has 88 valence electrons. The molecule has 1 fully saturated rings. The van der Waals surface area contributed by atoms with Gasteiger partial charge in [-0.3, -0.25) is 0 Å². The lowest BCUT2D eigenvalue weighted by Crippen LogP contribution is -2.45. The minimum atomic E-state index is 0.163. The second kappa shape index (κ2) is 4.31. The van der Waals surface area contributed by atoms with Gasteiger partial charge in [0.1, 0.15) is 10.8 Å². The first-order valence-corrected chi connectivity index (χ1v) is 5.47. The van der Waals surface area contributed by atoms with E-state index in [1.54, 1.807) is 0 Å². The number of halogens is 1. The summed E-state index contributed by atoms with van der Waals surface area (Å²) in [6.45, 7) is 3.68. The molecule has 1 aromatic rings. The van der Waals surface area contributed by atoms with Gasteiger partial charge in [-0.2, -0.15) is 9.97 Å². The Bertz CT molecular complexity index is 388. The van der Waals surface area contributed by atoms with Gasteiger partial charge >= 0.3 is 0 Å². The summed E-state index contributed by atoms with van der Waals surface area (Å²) in [5.74, 6) is 1.04. The van der Waals surface area contributed by atoms with E-state index in [0.717, 1.165) is 26.2 Å². The van der Waals surface area contributed by atoms with Gasteiger partial charge in [-0.25, -0.2) is 0 Å². The first-order valence-electron chi connectivity index (χ1n) is 5.10. The van der Waals surface area contributed by atoms with Crippen LogP contribution in [-0.2, 0) is 0 Å². The summed E-state index contributed by atoms with van der Waals surface area (Å²) in [5.41, 5.74) is 11.2. The van der Waals surface area contributed by atoms with Crippen molar-refractivity contribution < 1.29 is 0 Å². The number of hydrogen-bond acceptors (Lipinski definition) is 6. The number of hydrogen-bond donors (Lipinski definition) is 2. The Morgan fingerprint density at radius 1 is 1.12 bits per heavy atom. The molecule has 16 heavy (non-hydrogen) atoms. The second-order valence-electron chi connectivity index (χ2n) is 3.89. The zero-order chi connectivity index (χ0) is 11.7. The highest BCUT2D eigenvalue weighted by molar-refractivity contribution is 6.35. The van der Waals surface area contributed by atoms with Gasteiger partial charge in [-0.05, 0) is 7.05 Å². The molecule has 0 radical (unpaired) electrons. The molecule has 2 heterocycles. The molecule has 1 aliphatic heterocycles. The van der Waals surface area contributed by atoms with E-state index in [1.165, 1.54) is 0 Å². The van der Waals surface area contributed by atoms with Gasteiger partial charge in [0.15, 0.2) is 5.82 Å². The molecular formula is C9H15ClN6. The third-order valence-electron chi connectivity index (χ3n) is 2.68. The van der Waals surface area contributed by atoms with Crippen LogP contribution in [0.15, 0.2) is 0 Å². The molecule has 0 amide bonds. The van der Waals surface area contributed by atoms with Gasteiger partial charge in [0.2, 0.25) is 5.95 Å². The number of nitrogens with zero attached hydrogens (tertiary/aromatic N) is 4. The number of likely N-dealkylation sites (N-methyl/N-ethyl adjacent to an activating group) is 1. The van der Waals surface area contributed by atoms with E-state index in [9.17, 15) is 0 Å². The molecule has 0 spiro atoms. The van der Waals surface area contributed by atoms with E-state index in [-0.39, 0.29) is 11.8 Å². The van der Waals surface area contributed by atoms with Crippen molar-refractivity contribution >= 4 is 29.2 Å². The fraction of sp³-hybridized carbons (Fsp3) is 0.556. The lowest BCUT2D eigenvalue weighted by Gasteiger charge is -2.33. The van der Waals surface area contributed by atoms with Crippen molar-refractivity contribution in [3.63, 3.8) is 0 Å². The van der Waals surface area contributed by atoms with Crippen molar-refractivity contribution in [2.75, 3.05) is 49.6 Å². The molecule has 2 rings (SSSR count). The van der Waals surface area contributed by atoms with Gasteiger partial charge in [-0.1, -0.05) is 11.6 Å². The molecule has 7 heteroatoms. The minimum Gasteiger partial charge on any atom is -0.382 e. The summed E-state index contributed by atoms with van der Waals surface area (Å²) in [4.78, 5) is 12.3. The molecule has 4 N–H and O–H groups in total. The summed E-state index contributed by atoms with van der Waals surface area (Å²) in [6.07, 6.45) is 0. The predicted molar refractivity (Wildman–Crippen MR) is 65.6 cm³/mol. The summed E-state index contributed by atoms with van der Waals surface area (Å²) >= 11 is 6.07. The fourth-order valence-electron chi connectivity index (χ4n) is 1.70. The van der Waals surface area contributed by atoms with Crippen LogP contribution < -0.4 is 16.4 Å². The van der Waals surface area contributed by atoms with Crippen LogP contribution >= 0.6 is 11.6 Å². The number of rotatable bonds is 1. The largest absolute Gasteiger partial charge is 0.382 e. The van der Waals surface area contributed by atoms with E-state index >= 15 is 0 Å². The Balaban J connectivity index is 2.26. The zero-order valence-corrected chi connectivity index (χ0v) is 9.91. The Labute approximate surface area is 99.2 Å². The highest BCUT2D eigenvalue weighted by Gasteiger charge is 2.20. The first kappa shape index (κ1) is 11.2. The third-order valence-corrected chi connectivity index (χ3v) is 3.04. The molecule has 1 aliphatic rings. The highest BCUT2D eigenvalue weighted by atomic mass is 35.5. The van der Waals surface area contributed by atoms with Crippen molar-refractivity contribution in [3.05, 3.63) is 5.02 Å². The standard InChI is InChI=1S/C9H15ClN6/c1-15-2-4-16(5-3-15)8-6(10)7(11)13-9(12)14-8/h2-5H2,1H3,(H4,11,12,13,14). The number of anilines is 3. The van der Waals surface area contributed by atoms with Crippen molar-refractivity contribution in [2.45, 2.75) is 0 Å². The van der Waals surface area contributed by atoms with Gasteiger partial charge < -0.3 is 21.3 Å². The highest BCUT2D eigenvalue weighted by Crippen LogP contribution is 2.29. The normalized spacial score (nSPS) is 17.8. The number of piperazine rings is 1. The Morgan fingerprint density at radius 3 is 2.38 bits per heavy atom. The van der Waals surface area contributed by atoms with Crippen molar-refractivity contribution in [1.82, 2.24) is 14.9 Å². The van der Waals surface area contributed by atoms with Crippen LogP contribution in [0.5, 0.6) is 0 Å². The first-order chi connectivity index (χ1) is 7.58. The average Bonchev–Trinajstić information content (AvgIpc) is 2.25.